The van der Waals surface area contributed by atoms with Crippen LogP contribution in [0, 0.1) is 0 Å². The number of rotatable bonds is 6. The molecular formula is C12H15F3N2O3. The van der Waals surface area contributed by atoms with Crippen LogP contribution in [0.15, 0.2) is 18.2 Å². The van der Waals surface area contributed by atoms with Gasteiger partial charge in [0.2, 0.25) is 5.91 Å². The summed E-state index contributed by atoms with van der Waals surface area (Å²) in [7, 11) is 2.78. The number of carbonyl (C=O) groups excluding carboxylic acids is 1. The van der Waals surface area contributed by atoms with Crippen molar-refractivity contribution in [2.45, 2.75) is 12.2 Å². The highest BCUT2D eigenvalue weighted by Crippen LogP contribution is 2.27. The average molecular weight is 292 g/mol. The van der Waals surface area contributed by atoms with Crippen molar-refractivity contribution in [3.8, 4) is 11.5 Å². The van der Waals surface area contributed by atoms with Gasteiger partial charge in [-0.15, -0.1) is 0 Å². The van der Waals surface area contributed by atoms with E-state index in [1.807, 2.05) is 0 Å². The summed E-state index contributed by atoms with van der Waals surface area (Å²) >= 11 is 0. The Bertz CT molecular complexity index is 455. The molecule has 1 aromatic carbocycles. The van der Waals surface area contributed by atoms with E-state index >= 15 is 0 Å². The van der Waals surface area contributed by atoms with Crippen molar-refractivity contribution in [3.63, 3.8) is 0 Å². The lowest BCUT2D eigenvalue weighted by Gasteiger charge is -2.18. The molecule has 0 aromatic heterocycles. The van der Waals surface area contributed by atoms with Gasteiger partial charge < -0.3 is 15.2 Å². The molecule has 0 bridgehead atoms. The number of nitrogens with one attached hydrogen (secondary N) is 1. The maximum absolute atomic E-state index is 12.2. The molecular weight excluding hydrogens is 277 g/mol. The third-order valence-corrected chi connectivity index (χ3v) is 2.50. The van der Waals surface area contributed by atoms with E-state index in [9.17, 15) is 18.0 Å². The fourth-order valence-corrected chi connectivity index (χ4v) is 1.60. The molecule has 5 nitrogen and oxygen atoms in total. The van der Waals surface area contributed by atoms with E-state index in [1.54, 1.807) is 0 Å². The second kappa shape index (κ2) is 6.47. The molecule has 1 amide bonds. The van der Waals surface area contributed by atoms with Gasteiger partial charge in [-0.05, 0) is 17.7 Å². The molecule has 0 aliphatic heterocycles. The van der Waals surface area contributed by atoms with E-state index in [0.717, 1.165) is 0 Å². The molecule has 112 valence electrons. The Morgan fingerprint density at radius 3 is 2.10 bits per heavy atom. The van der Waals surface area contributed by atoms with Gasteiger partial charge in [0.1, 0.15) is 17.5 Å². The second-order valence-corrected chi connectivity index (χ2v) is 3.98. The number of halogens is 3. The van der Waals surface area contributed by atoms with Crippen molar-refractivity contribution >= 4 is 5.91 Å². The summed E-state index contributed by atoms with van der Waals surface area (Å²) in [6.07, 6.45) is -4.45. The maximum Gasteiger partial charge on any atom is 0.401 e. The Kier molecular flexibility index (Phi) is 5.20. The van der Waals surface area contributed by atoms with Crippen molar-refractivity contribution in [1.29, 1.82) is 0 Å². The molecule has 0 aliphatic carbocycles. The van der Waals surface area contributed by atoms with E-state index in [4.69, 9.17) is 15.2 Å². The molecule has 0 spiro atoms. The van der Waals surface area contributed by atoms with Crippen LogP contribution < -0.4 is 20.5 Å². The number of alkyl halides is 3. The van der Waals surface area contributed by atoms with Crippen LogP contribution in [0.2, 0.25) is 0 Å². The number of carbonyl (C=O) groups is 1. The third kappa shape index (κ3) is 4.61. The van der Waals surface area contributed by atoms with E-state index in [-0.39, 0.29) is 5.56 Å². The number of methoxy groups -OCH3 is 2. The van der Waals surface area contributed by atoms with E-state index in [0.29, 0.717) is 11.5 Å². The van der Waals surface area contributed by atoms with Gasteiger partial charge in [0.25, 0.3) is 0 Å². The monoisotopic (exact) mass is 292 g/mol. The molecule has 0 saturated carbocycles. The van der Waals surface area contributed by atoms with E-state index in [2.05, 4.69) is 5.32 Å². The number of ether oxygens (including phenoxy) is 2. The van der Waals surface area contributed by atoms with Crippen LogP contribution in [0.5, 0.6) is 11.5 Å². The first kappa shape index (κ1) is 16.1. The molecule has 0 saturated heterocycles. The molecule has 1 unspecified atom stereocenters. The van der Waals surface area contributed by atoms with Gasteiger partial charge in [-0.1, -0.05) is 0 Å². The largest absolute Gasteiger partial charge is 0.497 e. The lowest BCUT2D eigenvalue weighted by atomic mass is 10.1. The predicted molar refractivity (Wildman–Crippen MR) is 65.5 cm³/mol. The van der Waals surface area contributed by atoms with Gasteiger partial charge in [-0.2, -0.15) is 13.2 Å². The minimum Gasteiger partial charge on any atom is -0.497 e. The molecule has 20 heavy (non-hydrogen) atoms. The topological polar surface area (TPSA) is 73.6 Å². The van der Waals surface area contributed by atoms with Crippen LogP contribution in [-0.2, 0) is 4.79 Å². The molecule has 0 radical (unpaired) electrons. The minimum absolute atomic E-state index is 0.234. The van der Waals surface area contributed by atoms with Crippen LogP contribution in [0.3, 0.4) is 0 Å². The smallest absolute Gasteiger partial charge is 0.401 e. The number of hydrogen-bond donors (Lipinski definition) is 2. The highest BCUT2D eigenvalue weighted by atomic mass is 19.4. The summed E-state index contributed by atoms with van der Waals surface area (Å²) in [4.78, 5) is 11.3. The van der Waals surface area contributed by atoms with Gasteiger partial charge in [-0.25, -0.2) is 0 Å². The van der Waals surface area contributed by atoms with Crippen molar-refractivity contribution in [1.82, 2.24) is 5.32 Å². The Morgan fingerprint density at radius 2 is 1.75 bits per heavy atom. The Balaban J connectivity index is 3.05. The highest BCUT2D eigenvalue weighted by molar-refractivity contribution is 5.81. The fraction of sp³-hybridized carbons (Fsp3) is 0.417. The van der Waals surface area contributed by atoms with Gasteiger partial charge in [-0.3, -0.25) is 10.1 Å². The molecule has 0 heterocycles. The minimum atomic E-state index is -4.45. The standard InChI is InChI=1S/C12H15F3N2O3/c1-19-8-3-7(4-9(5-8)20-2)10(11(16)18)17-6-12(13,14)15/h3-5,10,17H,6H2,1-2H3,(H2,16,18). The SMILES string of the molecule is COc1cc(OC)cc(C(NCC(F)(F)F)C(N)=O)c1. The average Bonchev–Trinajstić information content (AvgIpc) is 2.36. The summed E-state index contributed by atoms with van der Waals surface area (Å²) in [5.74, 6) is -0.233. The van der Waals surface area contributed by atoms with Crippen LogP contribution in [0.25, 0.3) is 0 Å². The van der Waals surface area contributed by atoms with Crippen molar-refractivity contribution < 1.29 is 27.4 Å². The number of amides is 1. The summed E-state index contributed by atoms with van der Waals surface area (Å²) < 4.78 is 46.6. The molecule has 8 heteroatoms. The first-order chi connectivity index (χ1) is 9.26. The number of primary amides is 1. The lowest BCUT2D eigenvalue weighted by Crippen LogP contribution is -2.39. The lowest BCUT2D eigenvalue weighted by molar-refractivity contribution is -0.130. The second-order valence-electron chi connectivity index (χ2n) is 3.98. The summed E-state index contributed by atoms with van der Waals surface area (Å²) in [5, 5.41) is 2.07. The van der Waals surface area contributed by atoms with E-state index in [1.165, 1.54) is 32.4 Å². The summed E-state index contributed by atoms with van der Waals surface area (Å²) in [5.41, 5.74) is 5.36. The first-order valence-electron chi connectivity index (χ1n) is 5.59. The maximum atomic E-state index is 12.2. The van der Waals surface area contributed by atoms with Gasteiger partial charge in [0, 0.05) is 6.07 Å². The zero-order chi connectivity index (χ0) is 15.3. The van der Waals surface area contributed by atoms with Crippen LogP contribution in [-0.4, -0.2) is 32.8 Å². The van der Waals surface area contributed by atoms with Crippen LogP contribution in [0.1, 0.15) is 11.6 Å². The van der Waals surface area contributed by atoms with Crippen LogP contribution in [0.4, 0.5) is 13.2 Å². The summed E-state index contributed by atoms with van der Waals surface area (Å²) in [6, 6.07) is 3.08. The summed E-state index contributed by atoms with van der Waals surface area (Å²) in [6.45, 7) is -1.33. The van der Waals surface area contributed by atoms with Crippen molar-refractivity contribution in [2.24, 2.45) is 5.73 Å². The van der Waals surface area contributed by atoms with Gasteiger partial charge in [0.05, 0.1) is 20.8 Å². The number of nitrogens with two attached hydrogens (primary N) is 1. The van der Waals surface area contributed by atoms with Crippen LogP contribution >= 0.6 is 0 Å². The zero-order valence-electron chi connectivity index (χ0n) is 11.0. The Morgan fingerprint density at radius 1 is 1.25 bits per heavy atom. The quantitative estimate of drug-likeness (QED) is 0.831. The molecule has 1 aromatic rings. The molecule has 0 fully saturated rings. The molecule has 0 aliphatic rings. The normalized spacial score (nSPS) is 12.8. The number of benzene rings is 1. The molecule has 1 rings (SSSR count). The Labute approximate surface area is 113 Å². The predicted octanol–water partition coefficient (Wildman–Crippen LogP) is 1.38. The van der Waals surface area contributed by atoms with Crippen molar-refractivity contribution in [3.05, 3.63) is 23.8 Å². The zero-order valence-corrected chi connectivity index (χ0v) is 11.0. The van der Waals surface area contributed by atoms with Gasteiger partial charge >= 0.3 is 6.18 Å². The molecule has 1 atom stereocenters. The number of hydrogen-bond acceptors (Lipinski definition) is 4. The Hall–Kier alpha value is -1.96. The molecule has 3 N–H and O–H groups in total. The highest BCUT2D eigenvalue weighted by Gasteiger charge is 2.30. The fourth-order valence-electron chi connectivity index (χ4n) is 1.60. The van der Waals surface area contributed by atoms with Gasteiger partial charge in [0.15, 0.2) is 0 Å². The third-order valence-electron chi connectivity index (χ3n) is 2.50. The first-order valence-corrected chi connectivity index (χ1v) is 5.59. The van der Waals surface area contributed by atoms with Crippen molar-refractivity contribution in [2.75, 3.05) is 20.8 Å². The van der Waals surface area contributed by atoms with E-state index < -0.39 is 24.7 Å².